The maximum absolute atomic E-state index is 12.5. The van der Waals surface area contributed by atoms with Gasteiger partial charge in [0.25, 0.3) is 0 Å². The number of nitrogens with zero attached hydrogens (tertiary/aromatic N) is 1. The number of carboxylic acids is 1. The normalized spacial score (nSPS) is 10.1. The number of unbranched alkanes of at least 4 members (excludes halogenated alkanes) is 1. The molecule has 0 aliphatic carbocycles. The lowest BCUT2D eigenvalue weighted by molar-refractivity contribution is -0.137. The van der Waals surface area contributed by atoms with Crippen molar-refractivity contribution in [2.24, 2.45) is 0 Å². The van der Waals surface area contributed by atoms with Gasteiger partial charge in [0.15, 0.2) is 0 Å². The highest BCUT2D eigenvalue weighted by Gasteiger charge is 2.15. The first-order valence-corrected chi connectivity index (χ1v) is 7.58. The van der Waals surface area contributed by atoms with E-state index in [2.05, 4.69) is 5.43 Å². The van der Waals surface area contributed by atoms with Gasteiger partial charge in [-0.05, 0) is 37.1 Å². The van der Waals surface area contributed by atoms with Crippen LogP contribution >= 0.6 is 0 Å². The van der Waals surface area contributed by atoms with Gasteiger partial charge in [-0.2, -0.15) is 0 Å². The van der Waals surface area contributed by atoms with Gasteiger partial charge in [-0.25, -0.2) is 5.01 Å². The molecule has 1 amide bonds. The summed E-state index contributed by atoms with van der Waals surface area (Å²) in [7, 11) is 0. The largest absolute Gasteiger partial charge is 0.481 e. The topological polar surface area (TPSA) is 69.6 Å². The number of benzene rings is 2. The summed E-state index contributed by atoms with van der Waals surface area (Å²) in [6.45, 7) is 0. The van der Waals surface area contributed by atoms with Gasteiger partial charge in [-0.15, -0.1) is 0 Å². The number of hydrazine groups is 1. The molecular weight excluding hydrogens is 292 g/mol. The van der Waals surface area contributed by atoms with Gasteiger partial charge in [0.2, 0.25) is 5.91 Å². The van der Waals surface area contributed by atoms with E-state index in [0.717, 1.165) is 11.4 Å². The van der Waals surface area contributed by atoms with E-state index in [1.807, 2.05) is 60.7 Å². The number of carbonyl (C=O) groups is 2. The second-order valence-electron chi connectivity index (χ2n) is 5.14. The maximum atomic E-state index is 12.5. The fraction of sp³-hybridized carbons (Fsp3) is 0.222. The van der Waals surface area contributed by atoms with E-state index in [1.54, 1.807) is 0 Å². The molecule has 23 heavy (non-hydrogen) atoms. The van der Waals surface area contributed by atoms with Crippen molar-refractivity contribution in [1.82, 2.24) is 0 Å². The molecule has 2 aromatic carbocycles. The Morgan fingerprint density at radius 3 is 2.04 bits per heavy atom. The van der Waals surface area contributed by atoms with Gasteiger partial charge >= 0.3 is 5.97 Å². The van der Waals surface area contributed by atoms with Crippen LogP contribution in [-0.4, -0.2) is 17.0 Å². The summed E-state index contributed by atoms with van der Waals surface area (Å²) in [5.74, 6) is -0.926. The van der Waals surface area contributed by atoms with E-state index in [1.165, 1.54) is 5.01 Å². The maximum Gasteiger partial charge on any atom is 0.303 e. The Hall–Kier alpha value is -2.82. The molecule has 0 heterocycles. The highest BCUT2D eigenvalue weighted by molar-refractivity contribution is 5.95. The average Bonchev–Trinajstić information content (AvgIpc) is 2.58. The molecule has 0 bridgehead atoms. The Morgan fingerprint density at radius 1 is 0.870 bits per heavy atom. The van der Waals surface area contributed by atoms with Crippen LogP contribution in [0.2, 0.25) is 0 Å². The first-order chi connectivity index (χ1) is 11.2. The SMILES string of the molecule is O=C(O)CCCCC(=O)N(Nc1ccccc1)c1ccccc1. The molecular formula is C18H20N2O3. The fourth-order valence-electron chi connectivity index (χ4n) is 2.15. The minimum atomic E-state index is -0.834. The van der Waals surface area contributed by atoms with Crippen LogP contribution < -0.4 is 10.4 Å². The van der Waals surface area contributed by atoms with Crippen LogP contribution in [0.5, 0.6) is 0 Å². The minimum absolute atomic E-state index is 0.0880. The monoisotopic (exact) mass is 312 g/mol. The molecule has 0 saturated carbocycles. The van der Waals surface area contributed by atoms with Gasteiger partial charge < -0.3 is 5.11 Å². The van der Waals surface area contributed by atoms with Gasteiger partial charge in [-0.3, -0.25) is 15.0 Å². The number of carboxylic acid groups (broad SMARTS) is 1. The minimum Gasteiger partial charge on any atom is -0.481 e. The Labute approximate surface area is 135 Å². The van der Waals surface area contributed by atoms with Gasteiger partial charge in [-0.1, -0.05) is 36.4 Å². The van der Waals surface area contributed by atoms with Crippen molar-refractivity contribution in [2.45, 2.75) is 25.7 Å². The van der Waals surface area contributed by atoms with Gasteiger partial charge in [0, 0.05) is 12.8 Å². The quantitative estimate of drug-likeness (QED) is 0.576. The van der Waals surface area contributed by atoms with Crippen molar-refractivity contribution in [3.05, 3.63) is 60.7 Å². The summed E-state index contributed by atoms with van der Waals surface area (Å²) in [5, 5.41) is 10.2. The summed E-state index contributed by atoms with van der Waals surface area (Å²) in [4.78, 5) is 23.0. The van der Waals surface area contributed by atoms with Crippen LogP contribution in [0.4, 0.5) is 11.4 Å². The van der Waals surface area contributed by atoms with Crippen LogP contribution in [0.1, 0.15) is 25.7 Å². The van der Waals surface area contributed by atoms with Crippen LogP contribution in [0.15, 0.2) is 60.7 Å². The fourth-order valence-corrected chi connectivity index (χ4v) is 2.15. The number of nitrogens with one attached hydrogen (secondary N) is 1. The molecule has 5 nitrogen and oxygen atoms in total. The van der Waals surface area contributed by atoms with Crippen molar-refractivity contribution in [3.8, 4) is 0 Å². The number of rotatable bonds is 8. The Kier molecular flexibility index (Phi) is 6.17. The third-order valence-corrected chi connectivity index (χ3v) is 3.31. The van der Waals surface area contributed by atoms with Crippen molar-refractivity contribution in [1.29, 1.82) is 0 Å². The predicted molar refractivity (Wildman–Crippen MR) is 90.1 cm³/mol. The van der Waals surface area contributed by atoms with E-state index in [4.69, 9.17) is 5.11 Å². The lowest BCUT2D eigenvalue weighted by Gasteiger charge is -2.24. The van der Waals surface area contributed by atoms with Crippen LogP contribution in [0.25, 0.3) is 0 Å². The van der Waals surface area contributed by atoms with E-state index in [9.17, 15) is 9.59 Å². The number of carbonyl (C=O) groups excluding carboxylic acids is 1. The first-order valence-electron chi connectivity index (χ1n) is 7.58. The van der Waals surface area contributed by atoms with E-state index < -0.39 is 5.97 Å². The third-order valence-electron chi connectivity index (χ3n) is 3.31. The molecule has 0 atom stereocenters. The average molecular weight is 312 g/mol. The van der Waals surface area contributed by atoms with Crippen molar-refractivity contribution >= 4 is 23.3 Å². The molecule has 0 saturated heterocycles. The zero-order valence-electron chi connectivity index (χ0n) is 12.8. The second-order valence-corrected chi connectivity index (χ2v) is 5.14. The highest BCUT2D eigenvalue weighted by atomic mass is 16.4. The second kappa shape index (κ2) is 8.58. The van der Waals surface area contributed by atoms with Crippen LogP contribution in [0.3, 0.4) is 0 Å². The third kappa shape index (κ3) is 5.47. The zero-order chi connectivity index (χ0) is 16.5. The molecule has 0 fully saturated rings. The smallest absolute Gasteiger partial charge is 0.303 e. The summed E-state index contributed by atoms with van der Waals surface area (Å²) in [6.07, 6.45) is 1.42. The molecule has 5 heteroatoms. The molecule has 0 aliphatic heterocycles. The molecule has 0 unspecified atom stereocenters. The van der Waals surface area contributed by atoms with Crippen LogP contribution in [0, 0.1) is 0 Å². The Morgan fingerprint density at radius 2 is 1.43 bits per heavy atom. The summed E-state index contributed by atoms with van der Waals surface area (Å²) >= 11 is 0. The Bertz CT molecular complexity index is 629. The Balaban J connectivity index is 2.04. The number of hydrogen-bond donors (Lipinski definition) is 2. The van der Waals surface area contributed by atoms with Crippen LogP contribution in [-0.2, 0) is 9.59 Å². The number of amides is 1. The summed E-state index contributed by atoms with van der Waals surface area (Å²) in [6, 6.07) is 18.8. The standard InChI is InChI=1S/C18H20N2O3/c21-17(13-7-8-14-18(22)23)20(16-11-5-2-6-12-16)19-15-9-3-1-4-10-15/h1-6,9-12,19H,7-8,13-14H2,(H,22,23). The van der Waals surface area contributed by atoms with E-state index >= 15 is 0 Å². The lowest BCUT2D eigenvalue weighted by Crippen LogP contribution is -2.36. The number of aliphatic carboxylic acids is 1. The first kappa shape index (κ1) is 16.5. The number of para-hydroxylation sites is 2. The predicted octanol–water partition coefficient (Wildman–Crippen LogP) is 3.69. The zero-order valence-corrected chi connectivity index (χ0v) is 12.8. The number of anilines is 2. The molecule has 0 aromatic heterocycles. The summed E-state index contributed by atoms with van der Waals surface area (Å²) in [5.41, 5.74) is 4.68. The van der Waals surface area contributed by atoms with Crippen molar-refractivity contribution in [3.63, 3.8) is 0 Å². The van der Waals surface area contributed by atoms with Gasteiger partial charge in [0.1, 0.15) is 0 Å². The molecule has 2 aromatic rings. The molecule has 0 radical (unpaired) electrons. The summed E-state index contributed by atoms with van der Waals surface area (Å²) < 4.78 is 0. The highest BCUT2D eigenvalue weighted by Crippen LogP contribution is 2.18. The van der Waals surface area contributed by atoms with E-state index in [-0.39, 0.29) is 12.3 Å². The number of hydrogen-bond acceptors (Lipinski definition) is 3. The molecule has 120 valence electrons. The van der Waals surface area contributed by atoms with Gasteiger partial charge in [0.05, 0.1) is 11.4 Å². The molecule has 0 aliphatic rings. The van der Waals surface area contributed by atoms with Crippen molar-refractivity contribution in [2.75, 3.05) is 10.4 Å². The molecule has 0 spiro atoms. The molecule has 2 N–H and O–H groups in total. The van der Waals surface area contributed by atoms with Crippen molar-refractivity contribution < 1.29 is 14.7 Å². The molecule has 2 rings (SSSR count). The van der Waals surface area contributed by atoms with E-state index in [0.29, 0.717) is 19.3 Å². The lowest BCUT2D eigenvalue weighted by atomic mass is 10.2.